The van der Waals surface area contributed by atoms with Crippen LogP contribution in [0.4, 0.5) is 5.69 Å². The molecule has 0 heterocycles. The minimum Gasteiger partial charge on any atom is -0.357 e. The van der Waals surface area contributed by atoms with E-state index in [9.17, 15) is 18.0 Å². The molecule has 7 nitrogen and oxygen atoms in total. The zero-order valence-electron chi connectivity index (χ0n) is 21.1. The molecule has 0 bridgehead atoms. The number of likely N-dealkylation sites (N-methyl/N-ethyl adjacent to an activating group) is 1. The van der Waals surface area contributed by atoms with Crippen LogP contribution >= 0.6 is 0 Å². The van der Waals surface area contributed by atoms with E-state index in [4.69, 9.17) is 0 Å². The predicted octanol–water partition coefficient (Wildman–Crippen LogP) is 3.70. The first-order chi connectivity index (χ1) is 17.2. The van der Waals surface area contributed by atoms with Gasteiger partial charge in [0.2, 0.25) is 11.8 Å². The summed E-state index contributed by atoms with van der Waals surface area (Å²) in [6, 6.07) is 22.3. The van der Waals surface area contributed by atoms with Gasteiger partial charge in [0, 0.05) is 13.6 Å². The molecule has 0 radical (unpaired) electrons. The SMILES string of the molecule is CNC(=O)[C@@H](C)N(CCc1ccccc1)C(=O)CN(c1cccc(C)c1C)S(=O)(=O)c1ccccc1. The van der Waals surface area contributed by atoms with Gasteiger partial charge in [-0.2, -0.15) is 0 Å². The van der Waals surface area contributed by atoms with Crippen LogP contribution < -0.4 is 9.62 Å². The van der Waals surface area contributed by atoms with Gasteiger partial charge in [0.15, 0.2) is 0 Å². The van der Waals surface area contributed by atoms with Crippen molar-refractivity contribution in [3.05, 3.63) is 95.6 Å². The largest absolute Gasteiger partial charge is 0.357 e. The minimum atomic E-state index is -4.06. The van der Waals surface area contributed by atoms with Crippen molar-refractivity contribution in [2.45, 2.75) is 38.1 Å². The third-order valence-electron chi connectivity index (χ3n) is 6.35. The highest BCUT2D eigenvalue weighted by molar-refractivity contribution is 7.92. The van der Waals surface area contributed by atoms with Crippen LogP contribution in [0.3, 0.4) is 0 Å². The summed E-state index contributed by atoms with van der Waals surface area (Å²) < 4.78 is 28.7. The van der Waals surface area contributed by atoms with Gasteiger partial charge in [-0.25, -0.2) is 8.42 Å². The van der Waals surface area contributed by atoms with Gasteiger partial charge in [-0.3, -0.25) is 13.9 Å². The van der Waals surface area contributed by atoms with Crippen molar-refractivity contribution >= 4 is 27.5 Å². The summed E-state index contributed by atoms with van der Waals surface area (Å²) in [6.07, 6.45) is 0.531. The summed E-state index contributed by atoms with van der Waals surface area (Å²) in [7, 11) is -2.54. The molecule has 0 aromatic heterocycles. The van der Waals surface area contributed by atoms with Crippen molar-refractivity contribution in [2.75, 3.05) is 24.4 Å². The molecular weight excluding hydrogens is 474 g/mol. The van der Waals surface area contributed by atoms with Gasteiger partial charge >= 0.3 is 0 Å². The Kier molecular flexibility index (Phi) is 8.88. The topological polar surface area (TPSA) is 86.8 Å². The molecule has 3 aromatic rings. The van der Waals surface area contributed by atoms with E-state index in [-0.39, 0.29) is 17.3 Å². The first kappa shape index (κ1) is 26.9. The maximum Gasteiger partial charge on any atom is 0.264 e. The number of amides is 2. The first-order valence-corrected chi connectivity index (χ1v) is 13.3. The van der Waals surface area contributed by atoms with Crippen molar-refractivity contribution in [3.8, 4) is 0 Å². The highest BCUT2D eigenvalue weighted by Gasteiger charge is 2.32. The summed E-state index contributed by atoms with van der Waals surface area (Å²) in [6.45, 7) is 5.22. The Labute approximate surface area is 213 Å². The van der Waals surface area contributed by atoms with Gasteiger partial charge in [-0.15, -0.1) is 0 Å². The molecule has 3 rings (SSSR count). The molecule has 36 heavy (non-hydrogen) atoms. The summed E-state index contributed by atoms with van der Waals surface area (Å²) >= 11 is 0. The standard InChI is InChI=1S/C28H33N3O4S/c1-21-12-11-17-26(22(21)2)31(36(34,35)25-15-9-6-10-16-25)20-27(32)30(23(3)28(33)29-4)19-18-24-13-7-5-8-14-24/h5-17,23H,18-20H2,1-4H3,(H,29,33)/t23-/m1/s1. The average molecular weight is 508 g/mol. The summed E-state index contributed by atoms with van der Waals surface area (Å²) in [5.41, 5.74) is 3.12. The van der Waals surface area contributed by atoms with E-state index in [0.29, 0.717) is 12.1 Å². The average Bonchev–Trinajstić information content (AvgIpc) is 2.89. The van der Waals surface area contributed by atoms with Gasteiger partial charge in [-0.1, -0.05) is 60.7 Å². The lowest BCUT2D eigenvalue weighted by Crippen LogP contribution is -2.51. The lowest BCUT2D eigenvalue weighted by atomic mass is 10.1. The number of carbonyl (C=O) groups excluding carboxylic acids is 2. The van der Waals surface area contributed by atoms with Crippen molar-refractivity contribution in [1.29, 1.82) is 0 Å². The molecule has 0 saturated carbocycles. The van der Waals surface area contributed by atoms with Crippen molar-refractivity contribution in [2.24, 2.45) is 0 Å². The van der Waals surface area contributed by atoms with Crippen LogP contribution in [-0.4, -0.2) is 51.3 Å². The van der Waals surface area contributed by atoms with Crippen LogP contribution in [0.1, 0.15) is 23.6 Å². The number of sulfonamides is 1. The highest BCUT2D eigenvalue weighted by Crippen LogP contribution is 2.29. The fourth-order valence-corrected chi connectivity index (χ4v) is 5.51. The summed E-state index contributed by atoms with van der Waals surface area (Å²) in [5.74, 6) is -0.775. The van der Waals surface area contributed by atoms with Crippen molar-refractivity contribution < 1.29 is 18.0 Å². The molecule has 0 aliphatic rings. The van der Waals surface area contributed by atoms with Crippen LogP contribution in [0.15, 0.2) is 83.8 Å². The fraction of sp³-hybridized carbons (Fsp3) is 0.286. The van der Waals surface area contributed by atoms with Gasteiger partial charge in [-0.05, 0) is 62.1 Å². The van der Waals surface area contributed by atoms with E-state index in [1.165, 1.54) is 24.1 Å². The molecule has 0 saturated heterocycles. The molecule has 8 heteroatoms. The number of hydrogen-bond acceptors (Lipinski definition) is 4. The Morgan fingerprint density at radius 1 is 0.889 bits per heavy atom. The van der Waals surface area contributed by atoms with Gasteiger partial charge in [0.1, 0.15) is 12.6 Å². The molecular formula is C28H33N3O4S. The molecule has 2 amide bonds. The van der Waals surface area contributed by atoms with Crippen molar-refractivity contribution in [3.63, 3.8) is 0 Å². The Hall–Kier alpha value is -3.65. The molecule has 0 aliphatic heterocycles. The summed E-state index contributed by atoms with van der Waals surface area (Å²) in [4.78, 5) is 27.8. The Morgan fingerprint density at radius 2 is 1.50 bits per heavy atom. The van der Waals surface area contributed by atoms with Gasteiger partial charge in [0.05, 0.1) is 10.6 Å². The monoisotopic (exact) mass is 507 g/mol. The van der Waals surface area contributed by atoms with Gasteiger partial charge < -0.3 is 10.2 Å². The summed E-state index contributed by atoms with van der Waals surface area (Å²) in [5, 5.41) is 2.59. The molecule has 3 aromatic carbocycles. The molecule has 0 unspecified atom stereocenters. The number of hydrogen-bond donors (Lipinski definition) is 1. The van der Waals surface area contributed by atoms with Crippen LogP contribution in [0.5, 0.6) is 0 Å². The third kappa shape index (κ3) is 6.12. The Bertz CT molecular complexity index is 1290. The number of carbonyl (C=O) groups is 2. The van der Waals surface area contributed by atoms with E-state index >= 15 is 0 Å². The second-order valence-electron chi connectivity index (χ2n) is 8.66. The smallest absolute Gasteiger partial charge is 0.264 e. The zero-order valence-corrected chi connectivity index (χ0v) is 22.0. The molecule has 0 fully saturated rings. The fourth-order valence-electron chi connectivity index (χ4n) is 4.02. The second kappa shape index (κ2) is 11.9. The third-order valence-corrected chi connectivity index (χ3v) is 8.13. The van der Waals surface area contributed by atoms with Gasteiger partial charge in [0.25, 0.3) is 10.0 Å². The van der Waals surface area contributed by atoms with E-state index in [2.05, 4.69) is 5.32 Å². The van der Waals surface area contributed by atoms with E-state index in [1.807, 2.05) is 50.2 Å². The van der Waals surface area contributed by atoms with Crippen LogP contribution in [0.25, 0.3) is 0 Å². The molecule has 0 spiro atoms. The van der Waals surface area contributed by atoms with Crippen LogP contribution in [0, 0.1) is 13.8 Å². The van der Waals surface area contributed by atoms with Crippen molar-refractivity contribution in [1.82, 2.24) is 10.2 Å². The maximum atomic E-state index is 13.8. The number of anilines is 1. The minimum absolute atomic E-state index is 0.0916. The van der Waals surface area contributed by atoms with E-state index in [1.54, 1.807) is 37.3 Å². The highest BCUT2D eigenvalue weighted by atomic mass is 32.2. The van der Waals surface area contributed by atoms with E-state index < -0.39 is 28.5 Å². The maximum absolute atomic E-state index is 13.8. The van der Waals surface area contributed by atoms with Crippen LogP contribution in [0.2, 0.25) is 0 Å². The predicted molar refractivity (Wildman–Crippen MR) is 142 cm³/mol. The Balaban J connectivity index is 2.00. The lowest BCUT2D eigenvalue weighted by Gasteiger charge is -2.32. The van der Waals surface area contributed by atoms with E-state index in [0.717, 1.165) is 21.0 Å². The lowest BCUT2D eigenvalue weighted by molar-refractivity contribution is -0.138. The number of rotatable bonds is 10. The normalized spacial score (nSPS) is 12.0. The first-order valence-electron chi connectivity index (χ1n) is 11.9. The number of aryl methyl sites for hydroxylation is 1. The molecule has 190 valence electrons. The quantitative estimate of drug-likeness (QED) is 0.453. The molecule has 1 N–H and O–H groups in total. The Morgan fingerprint density at radius 3 is 2.11 bits per heavy atom. The molecule has 1 atom stereocenters. The van der Waals surface area contributed by atoms with Crippen LogP contribution in [-0.2, 0) is 26.0 Å². The number of benzene rings is 3. The molecule has 0 aliphatic carbocycles. The zero-order chi connectivity index (χ0) is 26.3. The number of nitrogens with one attached hydrogen (secondary N) is 1. The number of nitrogens with zero attached hydrogens (tertiary/aromatic N) is 2. The second-order valence-corrected chi connectivity index (χ2v) is 10.5.